The van der Waals surface area contributed by atoms with Gasteiger partial charge in [-0.25, -0.2) is 0 Å². The van der Waals surface area contributed by atoms with E-state index in [1.54, 1.807) is 11.0 Å². The van der Waals surface area contributed by atoms with Crippen molar-refractivity contribution in [3.05, 3.63) is 106 Å². The van der Waals surface area contributed by atoms with E-state index in [9.17, 15) is 9.59 Å². The van der Waals surface area contributed by atoms with Crippen molar-refractivity contribution in [1.29, 1.82) is 0 Å². The van der Waals surface area contributed by atoms with Crippen LogP contribution in [0.1, 0.15) is 19.8 Å². The quantitative estimate of drug-likeness (QED) is 0.289. The first kappa shape index (κ1) is 24.2. The van der Waals surface area contributed by atoms with Crippen LogP contribution in [0, 0.1) is 11.8 Å². The van der Waals surface area contributed by atoms with E-state index in [0.717, 1.165) is 45.7 Å². The van der Waals surface area contributed by atoms with Crippen molar-refractivity contribution in [3.8, 4) is 11.8 Å². The van der Waals surface area contributed by atoms with E-state index in [1.165, 1.54) is 0 Å². The molecule has 2 N–H and O–H groups in total. The van der Waals surface area contributed by atoms with Crippen LogP contribution >= 0.6 is 0 Å². The highest BCUT2D eigenvalue weighted by atomic mass is 16.2. The van der Waals surface area contributed by atoms with Crippen LogP contribution in [0.2, 0.25) is 0 Å². The van der Waals surface area contributed by atoms with Gasteiger partial charge >= 0.3 is 0 Å². The van der Waals surface area contributed by atoms with Gasteiger partial charge in [0.15, 0.2) is 0 Å². The number of para-hydroxylation sites is 2. The van der Waals surface area contributed by atoms with Gasteiger partial charge in [-0.05, 0) is 59.8 Å². The first-order valence-corrected chi connectivity index (χ1v) is 12.3. The zero-order valence-electron chi connectivity index (χ0n) is 21.4. The summed E-state index contributed by atoms with van der Waals surface area (Å²) in [5.41, 5.74) is 13.9. The van der Waals surface area contributed by atoms with E-state index in [2.05, 4.69) is 40.4 Å². The number of fused-ring (bicyclic) bond motifs is 5. The van der Waals surface area contributed by atoms with Gasteiger partial charge in [-0.1, -0.05) is 48.9 Å². The van der Waals surface area contributed by atoms with Crippen LogP contribution in [0.3, 0.4) is 0 Å². The predicted molar refractivity (Wildman–Crippen MR) is 148 cm³/mol. The molecule has 2 aliphatic carbocycles. The summed E-state index contributed by atoms with van der Waals surface area (Å²) in [6, 6.07) is 7.69. The van der Waals surface area contributed by atoms with Gasteiger partial charge in [-0.15, -0.1) is 0 Å². The molecule has 1 fully saturated rings. The first-order valence-electron chi connectivity index (χ1n) is 12.3. The first-order chi connectivity index (χ1) is 17.9. The van der Waals surface area contributed by atoms with Gasteiger partial charge in [0.25, 0.3) is 5.91 Å². The zero-order chi connectivity index (χ0) is 26.3. The maximum absolute atomic E-state index is 14.0. The number of rotatable bonds is 5. The van der Waals surface area contributed by atoms with Crippen LogP contribution in [-0.4, -0.2) is 48.8 Å². The Morgan fingerprint density at radius 3 is 2.81 bits per heavy atom. The number of carbonyl (C=O) groups is 2. The van der Waals surface area contributed by atoms with E-state index < -0.39 is 0 Å². The standard InChI is InChI=1S/C31H30N4O2/c1-5-21(19-36)29-23(18-33(3)26-12-10-9-11-25(26)32)16-15-22-17-24(29)20(2)31(37)35-28-14-8-6-7-13-27(28)34(4)30(22)35/h5,8-12,14-16,19,30H,2,6,17-18,32H2,1,3-4H3/b21-5-. The Labute approximate surface area is 218 Å². The molecule has 1 amide bonds. The van der Waals surface area contributed by atoms with Crippen LogP contribution < -0.4 is 10.6 Å². The molecule has 4 aliphatic rings. The number of nitrogens with two attached hydrogens (primary N) is 1. The Morgan fingerprint density at radius 1 is 1.30 bits per heavy atom. The molecule has 186 valence electrons. The number of carbonyl (C=O) groups excluding carboxylic acids is 2. The van der Waals surface area contributed by atoms with Crippen LogP contribution in [0.15, 0.2) is 106 Å². The van der Waals surface area contributed by atoms with Crippen LogP contribution in [0.4, 0.5) is 11.4 Å². The molecule has 1 saturated heterocycles. The SMILES string of the molecule is C=C1C(=O)N2C3=C(C#CCC=C3)N(C)C2C2=CC=C(CN(C)c3ccccc3N)C(/C(C=O)=C\C)=C1C2. The van der Waals surface area contributed by atoms with Crippen LogP contribution in [0.25, 0.3) is 0 Å². The van der Waals surface area contributed by atoms with Crippen molar-refractivity contribution in [2.24, 2.45) is 0 Å². The van der Waals surface area contributed by atoms with Crippen molar-refractivity contribution in [2.45, 2.75) is 25.9 Å². The van der Waals surface area contributed by atoms with Crippen molar-refractivity contribution in [1.82, 2.24) is 9.80 Å². The van der Waals surface area contributed by atoms with Gasteiger partial charge in [-0.3, -0.25) is 14.5 Å². The average Bonchev–Trinajstić information content (AvgIpc) is 3.11. The molecule has 1 aromatic rings. The summed E-state index contributed by atoms with van der Waals surface area (Å²) < 4.78 is 0. The molecule has 2 heterocycles. The molecular weight excluding hydrogens is 460 g/mol. The Hall–Kier alpha value is -4.50. The molecule has 0 aromatic heterocycles. The van der Waals surface area contributed by atoms with Crippen molar-refractivity contribution >= 4 is 23.6 Å². The van der Waals surface area contributed by atoms with E-state index in [0.29, 0.717) is 36.2 Å². The highest BCUT2D eigenvalue weighted by Crippen LogP contribution is 2.44. The fourth-order valence-electron chi connectivity index (χ4n) is 5.52. The smallest absolute Gasteiger partial charge is 0.260 e. The molecule has 0 saturated carbocycles. The minimum atomic E-state index is -0.312. The predicted octanol–water partition coefficient (Wildman–Crippen LogP) is 4.25. The lowest BCUT2D eigenvalue weighted by atomic mass is 9.87. The fourth-order valence-corrected chi connectivity index (χ4v) is 5.52. The average molecular weight is 491 g/mol. The Balaban J connectivity index is 1.67. The lowest BCUT2D eigenvalue weighted by molar-refractivity contribution is -0.126. The summed E-state index contributed by atoms with van der Waals surface area (Å²) >= 11 is 0. The third kappa shape index (κ3) is 3.93. The highest BCUT2D eigenvalue weighted by molar-refractivity contribution is 6.02. The molecule has 2 bridgehead atoms. The molecule has 1 atom stereocenters. The van der Waals surface area contributed by atoms with E-state index >= 15 is 0 Å². The number of nitrogens with zero attached hydrogens (tertiary/aromatic N) is 3. The summed E-state index contributed by atoms with van der Waals surface area (Å²) in [7, 11) is 3.95. The summed E-state index contributed by atoms with van der Waals surface area (Å²) in [6.45, 7) is 6.61. The maximum atomic E-state index is 14.0. The number of hydrogen-bond donors (Lipinski definition) is 1. The molecule has 5 rings (SSSR count). The third-order valence-electron chi connectivity index (χ3n) is 7.33. The number of likely N-dealkylation sites (N-methyl/N-ethyl adjacent to an activating group) is 2. The van der Waals surface area contributed by atoms with E-state index in [-0.39, 0.29) is 12.1 Å². The molecule has 6 heteroatoms. The number of allylic oxidation sites excluding steroid dienone is 7. The summed E-state index contributed by atoms with van der Waals surface area (Å²) in [6.07, 6.45) is 11.6. The second-order valence-corrected chi connectivity index (χ2v) is 9.52. The van der Waals surface area contributed by atoms with Crippen LogP contribution in [-0.2, 0) is 9.59 Å². The third-order valence-corrected chi connectivity index (χ3v) is 7.33. The molecule has 0 spiro atoms. The van der Waals surface area contributed by atoms with E-state index in [1.807, 2.05) is 57.4 Å². The molecule has 1 unspecified atom stereocenters. The second kappa shape index (κ2) is 9.51. The molecule has 37 heavy (non-hydrogen) atoms. The molecule has 0 radical (unpaired) electrons. The van der Waals surface area contributed by atoms with Gasteiger partial charge in [0.2, 0.25) is 0 Å². The molecule has 2 aliphatic heterocycles. The Morgan fingerprint density at radius 2 is 2.08 bits per heavy atom. The number of benzene rings is 1. The van der Waals surface area contributed by atoms with Crippen molar-refractivity contribution in [3.63, 3.8) is 0 Å². The molecule has 6 nitrogen and oxygen atoms in total. The van der Waals surface area contributed by atoms with Gasteiger partial charge in [0, 0.05) is 38.2 Å². The number of hydrogen-bond acceptors (Lipinski definition) is 5. The number of nitrogen functional groups attached to an aromatic ring is 1. The summed E-state index contributed by atoms with van der Waals surface area (Å²) in [5, 5.41) is 0. The van der Waals surface area contributed by atoms with Gasteiger partial charge in [0.1, 0.15) is 18.1 Å². The lowest BCUT2D eigenvalue weighted by Gasteiger charge is -2.30. The number of aldehydes is 1. The fraction of sp³-hybridized carbons (Fsp3) is 0.226. The Kier molecular flexibility index (Phi) is 6.22. The summed E-state index contributed by atoms with van der Waals surface area (Å²) in [5.74, 6) is 6.22. The van der Waals surface area contributed by atoms with Crippen molar-refractivity contribution in [2.75, 3.05) is 31.3 Å². The molecule has 1 aromatic carbocycles. The number of amides is 1. The lowest BCUT2D eigenvalue weighted by Crippen LogP contribution is -2.42. The monoisotopic (exact) mass is 490 g/mol. The number of anilines is 2. The summed E-state index contributed by atoms with van der Waals surface area (Å²) in [4.78, 5) is 32.2. The minimum Gasteiger partial charge on any atom is -0.397 e. The minimum absolute atomic E-state index is 0.172. The zero-order valence-corrected chi connectivity index (χ0v) is 21.4. The maximum Gasteiger partial charge on any atom is 0.260 e. The van der Waals surface area contributed by atoms with Crippen LogP contribution in [0.5, 0.6) is 0 Å². The largest absolute Gasteiger partial charge is 0.397 e. The molecular formula is C31H30N4O2. The topological polar surface area (TPSA) is 69.9 Å². The van der Waals surface area contributed by atoms with Gasteiger partial charge in [0.05, 0.1) is 17.1 Å². The van der Waals surface area contributed by atoms with Gasteiger partial charge < -0.3 is 15.5 Å². The van der Waals surface area contributed by atoms with Gasteiger partial charge in [-0.2, -0.15) is 0 Å². The second-order valence-electron chi connectivity index (χ2n) is 9.52. The Bertz CT molecular complexity index is 1470. The van der Waals surface area contributed by atoms with Crippen molar-refractivity contribution < 1.29 is 9.59 Å². The van der Waals surface area contributed by atoms with E-state index in [4.69, 9.17) is 5.73 Å². The highest BCUT2D eigenvalue weighted by Gasteiger charge is 2.45. The normalized spacial score (nSPS) is 20.8.